The first-order chi connectivity index (χ1) is 17.1. The molecule has 0 saturated carbocycles. The Morgan fingerprint density at radius 3 is 2.71 bits per heavy atom. The van der Waals surface area contributed by atoms with Gasteiger partial charge in [0.1, 0.15) is 17.9 Å². The van der Waals surface area contributed by atoms with E-state index in [2.05, 4.69) is 23.1 Å². The molecule has 0 unspecified atom stereocenters. The van der Waals surface area contributed by atoms with E-state index in [0.29, 0.717) is 48.9 Å². The van der Waals surface area contributed by atoms with E-state index in [-0.39, 0.29) is 11.8 Å². The Labute approximate surface area is 205 Å². The zero-order valence-corrected chi connectivity index (χ0v) is 20.0. The quantitative estimate of drug-likeness (QED) is 0.482. The van der Waals surface area contributed by atoms with E-state index in [1.54, 1.807) is 6.26 Å². The molecule has 3 aliphatic rings. The lowest BCUT2D eigenvalue weighted by Gasteiger charge is -2.39. The number of hydrogen-bond donors (Lipinski definition) is 0. The van der Waals surface area contributed by atoms with E-state index in [1.807, 2.05) is 35.2 Å². The first-order valence-corrected chi connectivity index (χ1v) is 12.9. The number of amides is 2. The lowest BCUT2D eigenvalue weighted by Crippen LogP contribution is -2.46. The van der Waals surface area contributed by atoms with Crippen LogP contribution in [-0.2, 0) is 11.2 Å². The van der Waals surface area contributed by atoms with Crippen LogP contribution < -0.4 is 4.74 Å². The molecular formula is C29H32N2O4. The fourth-order valence-electron chi connectivity index (χ4n) is 6.33. The summed E-state index contributed by atoms with van der Waals surface area (Å²) in [5.74, 6) is 1.61. The molecule has 2 atom stereocenters. The number of furan rings is 1. The van der Waals surface area contributed by atoms with E-state index in [1.165, 1.54) is 5.56 Å². The van der Waals surface area contributed by atoms with E-state index in [4.69, 9.17) is 9.15 Å². The molecule has 3 aromatic rings. The van der Waals surface area contributed by atoms with Crippen LogP contribution >= 0.6 is 0 Å². The van der Waals surface area contributed by atoms with Crippen LogP contribution in [0.1, 0.15) is 54.4 Å². The number of rotatable bonds is 7. The zero-order chi connectivity index (χ0) is 23.8. The SMILES string of the molecule is O=C1CCCN1CCOc1cccc(C(=O)N2[C@H]3CC[C@H]2CC(Cc2ccc4ccoc4c2)C3)c1. The van der Waals surface area contributed by atoms with Gasteiger partial charge in [0, 0.05) is 36.0 Å². The molecule has 35 heavy (non-hydrogen) atoms. The van der Waals surface area contributed by atoms with Gasteiger partial charge in [0.05, 0.1) is 12.8 Å². The molecule has 3 saturated heterocycles. The van der Waals surface area contributed by atoms with Gasteiger partial charge in [-0.1, -0.05) is 18.2 Å². The Bertz CT molecular complexity index is 1220. The van der Waals surface area contributed by atoms with Crippen molar-refractivity contribution in [3.05, 3.63) is 65.9 Å². The Kier molecular flexibility index (Phi) is 5.96. The Balaban J connectivity index is 1.08. The molecule has 3 fully saturated rings. The molecule has 2 bridgehead atoms. The molecule has 0 aliphatic carbocycles. The maximum absolute atomic E-state index is 13.5. The zero-order valence-electron chi connectivity index (χ0n) is 20.0. The minimum Gasteiger partial charge on any atom is -0.492 e. The Morgan fingerprint density at radius 2 is 1.91 bits per heavy atom. The molecule has 2 amide bonds. The molecule has 0 N–H and O–H groups in total. The average molecular weight is 473 g/mol. The number of carbonyl (C=O) groups is 2. The number of piperidine rings is 1. The summed E-state index contributed by atoms with van der Waals surface area (Å²) in [4.78, 5) is 29.3. The lowest BCUT2D eigenvalue weighted by atomic mass is 9.85. The highest BCUT2D eigenvalue weighted by Gasteiger charge is 2.43. The van der Waals surface area contributed by atoms with Gasteiger partial charge in [-0.15, -0.1) is 0 Å². The molecule has 6 nitrogen and oxygen atoms in total. The van der Waals surface area contributed by atoms with Gasteiger partial charge in [0.2, 0.25) is 5.91 Å². The second kappa shape index (κ2) is 9.40. The summed E-state index contributed by atoms with van der Waals surface area (Å²) in [5, 5.41) is 1.14. The van der Waals surface area contributed by atoms with Crippen LogP contribution in [0, 0.1) is 5.92 Å². The summed E-state index contributed by atoms with van der Waals surface area (Å²) in [7, 11) is 0. The summed E-state index contributed by atoms with van der Waals surface area (Å²) in [5.41, 5.74) is 2.96. The second-order valence-corrected chi connectivity index (χ2v) is 10.3. The van der Waals surface area contributed by atoms with Gasteiger partial charge < -0.3 is 19.0 Å². The van der Waals surface area contributed by atoms with Crippen molar-refractivity contribution in [1.29, 1.82) is 0 Å². The van der Waals surface area contributed by atoms with Crippen LogP contribution in [0.15, 0.2) is 59.2 Å². The average Bonchev–Trinajstić information content (AvgIpc) is 3.56. The summed E-state index contributed by atoms with van der Waals surface area (Å²) >= 11 is 0. The standard InChI is InChI=1S/C29H32N2O4/c32-28-5-2-11-30(28)12-14-34-26-4-1-3-23(19-26)29(33)31-24-8-9-25(31)17-21(16-24)15-20-6-7-22-10-13-35-27(22)18-20/h1,3-4,6-7,10,13,18-19,21,24-25H,2,5,8-9,11-12,14-17H2/t24-,25-/m0/s1. The minimum atomic E-state index is 0.119. The molecule has 2 aromatic carbocycles. The molecule has 6 rings (SSSR count). The van der Waals surface area contributed by atoms with Crippen molar-refractivity contribution in [1.82, 2.24) is 9.80 Å². The van der Waals surface area contributed by atoms with Gasteiger partial charge >= 0.3 is 0 Å². The maximum Gasteiger partial charge on any atom is 0.254 e. The molecule has 4 heterocycles. The Morgan fingerprint density at radius 1 is 1.06 bits per heavy atom. The van der Waals surface area contributed by atoms with Gasteiger partial charge in [-0.05, 0) is 80.3 Å². The van der Waals surface area contributed by atoms with Crippen LogP contribution in [0.4, 0.5) is 0 Å². The fourth-order valence-corrected chi connectivity index (χ4v) is 6.33. The molecule has 0 spiro atoms. The van der Waals surface area contributed by atoms with E-state index >= 15 is 0 Å². The van der Waals surface area contributed by atoms with Crippen molar-refractivity contribution in [3.63, 3.8) is 0 Å². The third kappa shape index (κ3) is 4.54. The summed E-state index contributed by atoms with van der Waals surface area (Å²) in [6.07, 6.45) is 8.64. The molecule has 3 aliphatic heterocycles. The molecule has 182 valence electrons. The van der Waals surface area contributed by atoms with Crippen LogP contribution in [0.3, 0.4) is 0 Å². The molecule has 0 radical (unpaired) electrons. The number of ether oxygens (including phenoxy) is 1. The fraction of sp³-hybridized carbons (Fsp3) is 0.448. The van der Waals surface area contributed by atoms with Crippen LogP contribution in [0.2, 0.25) is 0 Å². The number of carbonyl (C=O) groups excluding carboxylic acids is 2. The largest absolute Gasteiger partial charge is 0.492 e. The smallest absolute Gasteiger partial charge is 0.254 e. The normalized spacial score (nSPS) is 23.9. The number of nitrogens with zero attached hydrogens (tertiary/aromatic N) is 2. The first-order valence-electron chi connectivity index (χ1n) is 12.9. The van der Waals surface area contributed by atoms with Crippen LogP contribution in [-0.4, -0.2) is 53.4 Å². The van der Waals surface area contributed by atoms with E-state index < -0.39 is 0 Å². The van der Waals surface area contributed by atoms with Crippen molar-refractivity contribution < 1.29 is 18.7 Å². The monoisotopic (exact) mass is 472 g/mol. The maximum atomic E-state index is 13.5. The van der Waals surface area contributed by atoms with Gasteiger partial charge in [-0.2, -0.15) is 0 Å². The molecular weight excluding hydrogens is 440 g/mol. The second-order valence-electron chi connectivity index (χ2n) is 10.3. The van der Waals surface area contributed by atoms with Crippen molar-refractivity contribution in [2.75, 3.05) is 19.7 Å². The number of benzene rings is 2. The first kappa shape index (κ1) is 22.2. The van der Waals surface area contributed by atoms with E-state index in [9.17, 15) is 9.59 Å². The number of fused-ring (bicyclic) bond motifs is 3. The summed E-state index contributed by atoms with van der Waals surface area (Å²) in [6, 6.07) is 16.7. The van der Waals surface area contributed by atoms with E-state index in [0.717, 1.165) is 56.0 Å². The van der Waals surface area contributed by atoms with Crippen molar-refractivity contribution >= 4 is 22.8 Å². The topological polar surface area (TPSA) is 63.0 Å². The summed E-state index contributed by atoms with van der Waals surface area (Å²) < 4.78 is 11.5. The highest BCUT2D eigenvalue weighted by molar-refractivity contribution is 5.95. The number of likely N-dealkylation sites (tertiary alicyclic amines) is 1. The van der Waals surface area contributed by atoms with Gasteiger partial charge in [0.25, 0.3) is 5.91 Å². The molecule has 6 heteroatoms. The van der Waals surface area contributed by atoms with Crippen molar-refractivity contribution in [3.8, 4) is 5.75 Å². The lowest BCUT2D eigenvalue weighted by molar-refractivity contribution is -0.128. The number of hydrogen-bond acceptors (Lipinski definition) is 4. The minimum absolute atomic E-state index is 0.119. The van der Waals surface area contributed by atoms with Crippen LogP contribution in [0.5, 0.6) is 5.75 Å². The predicted molar refractivity (Wildman–Crippen MR) is 133 cm³/mol. The Hall–Kier alpha value is -3.28. The third-order valence-corrected chi connectivity index (χ3v) is 7.99. The predicted octanol–water partition coefficient (Wildman–Crippen LogP) is 5.06. The van der Waals surface area contributed by atoms with Gasteiger partial charge in [-0.25, -0.2) is 0 Å². The van der Waals surface area contributed by atoms with Crippen LogP contribution in [0.25, 0.3) is 11.0 Å². The highest BCUT2D eigenvalue weighted by atomic mass is 16.5. The third-order valence-electron chi connectivity index (χ3n) is 7.99. The van der Waals surface area contributed by atoms with Gasteiger partial charge in [-0.3, -0.25) is 9.59 Å². The highest BCUT2D eigenvalue weighted by Crippen LogP contribution is 2.41. The van der Waals surface area contributed by atoms with Crippen molar-refractivity contribution in [2.24, 2.45) is 5.92 Å². The summed E-state index contributed by atoms with van der Waals surface area (Å²) in [6.45, 7) is 1.86. The van der Waals surface area contributed by atoms with Crippen molar-refractivity contribution in [2.45, 2.75) is 57.0 Å². The van der Waals surface area contributed by atoms with Gasteiger partial charge in [0.15, 0.2) is 0 Å². The molecule has 1 aromatic heterocycles.